The number of hydrogen-bond acceptors (Lipinski definition) is 4. The van der Waals surface area contributed by atoms with E-state index in [0.29, 0.717) is 5.56 Å². The smallest absolute Gasteiger partial charge is 0.379 e. The van der Waals surface area contributed by atoms with Crippen molar-refractivity contribution in [3.05, 3.63) is 59.2 Å². The molecule has 1 N–H and O–H groups in total. The second-order valence-electron chi connectivity index (χ2n) is 5.63. The van der Waals surface area contributed by atoms with Gasteiger partial charge < -0.3 is 9.50 Å². The monoisotopic (exact) mass is 387 g/mol. The van der Waals surface area contributed by atoms with Gasteiger partial charge in [0.15, 0.2) is 0 Å². The average molecular weight is 387 g/mol. The summed E-state index contributed by atoms with van der Waals surface area (Å²) in [6, 6.07) is 9.65. The zero-order valence-corrected chi connectivity index (χ0v) is 14.7. The van der Waals surface area contributed by atoms with Crippen molar-refractivity contribution in [3.8, 4) is 5.75 Å². The molecule has 0 saturated carbocycles. The molecule has 5 nitrogen and oxygen atoms in total. The average Bonchev–Trinajstić information content (AvgIpc) is 2.54. The summed E-state index contributed by atoms with van der Waals surface area (Å²) < 4.78 is 66.1. The van der Waals surface area contributed by atoms with E-state index in [1.54, 1.807) is 31.3 Å². The second-order valence-corrected chi connectivity index (χ2v) is 7.14. The number of alkyl halides is 3. The predicted octanol–water partition coefficient (Wildman–Crippen LogP) is 3.36. The highest BCUT2D eigenvalue weighted by Crippen LogP contribution is 2.23. The molecule has 2 aromatic rings. The molecule has 0 radical (unpaired) electrons. The molecular weight excluding hydrogens is 371 g/mol. The van der Waals surface area contributed by atoms with E-state index in [1.807, 2.05) is 0 Å². The molecule has 0 aliphatic rings. The molecule has 0 saturated heterocycles. The van der Waals surface area contributed by atoms with Crippen LogP contribution in [0, 0.1) is 13.8 Å². The highest BCUT2D eigenvalue weighted by molar-refractivity contribution is 7.87. The van der Waals surface area contributed by atoms with Crippen LogP contribution in [0.1, 0.15) is 21.5 Å². The van der Waals surface area contributed by atoms with Crippen LogP contribution in [-0.2, 0) is 10.1 Å². The van der Waals surface area contributed by atoms with Gasteiger partial charge in [-0.05, 0) is 55.3 Å². The fourth-order valence-electron chi connectivity index (χ4n) is 2.09. The van der Waals surface area contributed by atoms with Gasteiger partial charge >= 0.3 is 16.3 Å². The van der Waals surface area contributed by atoms with Crippen LogP contribution in [0.3, 0.4) is 0 Å². The quantitative estimate of drug-likeness (QED) is 0.799. The maximum absolute atomic E-state index is 12.4. The summed E-state index contributed by atoms with van der Waals surface area (Å²) in [4.78, 5) is 11.6. The van der Waals surface area contributed by atoms with Gasteiger partial charge in [0.1, 0.15) is 17.2 Å². The Bertz CT molecular complexity index is 907. The van der Waals surface area contributed by atoms with E-state index in [9.17, 15) is 26.4 Å². The summed E-state index contributed by atoms with van der Waals surface area (Å²) in [6.07, 6.45) is -4.52. The SMILES string of the molecule is Cc1ccc(C)c(S(=O)(=O)Oc2ccc(C(=O)NCC(F)(F)F)cc2)c1. The maximum atomic E-state index is 12.4. The van der Waals surface area contributed by atoms with Crippen LogP contribution < -0.4 is 9.50 Å². The molecule has 0 aliphatic heterocycles. The summed E-state index contributed by atoms with van der Waals surface area (Å²) in [5.41, 5.74) is 1.21. The Morgan fingerprint density at radius 2 is 1.69 bits per heavy atom. The molecule has 9 heteroatoms. The largest absolute Gasteiger partial charge is 0.405 e. The van der Waals surface area contributed by atoms with Crippen LogP contribution in [0.4, 0.5) is 13.2 Å². The zero-order chi connectivity index (χ0) is 19.5. The van der Waals surface area contributed by atoms with Crippen molar-refractivity contribution < 1.29 is 30.6 Å². The molecule has 0 unspecified atom stereocenters. The first-order valence-corrected chi connectivity index (χ1v) is 8.85. The van der Waals surface area contributed by atoms with Gasteiger partial charge in [-0.25, -0.2) is 0 Å². The van der Waals surface area contributed by atoms with Crippen LogP contribution in [-0.4, -0.2) is 27.0 Å². The van der Waals surface area contributed by atoms with E-state index in [2.05, 4.69) is 0 Å². The van der Waals surface area contributed by atoms with Gasteiger partial charge in [-0.3, -0.25) is 4.79 Å². The third kappa shape index (κ3) is 5.22. The fraction of sp³-hybridized carbons (Fsp3) is 0.235. The highest BCUT2D eigenvalue weighted by atomic mass is 32.2. The summed E-state index contributed by atoms with van der Waals surface area (Å²) >= 11 is 0. The van der Waals surface area contributed by atoms with Gasteiger partial charge in [-0.2, -0.15) is 21.6 Å². The van der Waals surface area contributed by atoms with Crippen LogP contribution in [0.2, 0.25) is 0 Å². The molecule has 2 aromatic carbocycles. The zero-order valence-electron chi connectivity index (χ0n) is 13.9. The molecule has 0 aliphatic carbocycles. The molecule has 1 amide bonds. The minimum atomic E-state index is -4.52. The van der Waals surface area contributed by atoms with Crippen LogP contribution in [0.25, 0.3) is 0 Å². The summed E-state index contributed by atoms with van der Waals surface area (Å²) in [6.45, 7) is 1.92. The number of hydrogen-bond donors (Lipinski definition) is 1. The Labute approximate surface area is 148 Å². The fourth-order valence-corrected chi connectivity index (χ4v) is 3.34. The first-order chi connectivity index (χ1) is 12.0. The molecule has 0 atom stereocenters. The molecule has 0 heterocycles. The normalized spacial score (nSPS) is 11.9. The summed E-state index contributed by atoms with van der Waals surface area (Å²) in [5.74, 6) is -0.982. The Hall–Kier alpha value is -2.55. The van der Waals surface area contributed by atoms with Crippen molar-refractivity contribution >= 4 is 16.0 Å². The van der Waals surface area contributed by atoms with E-state index in [1.165, 1.54) is 30.3 Å². The lowest BCUT2D eigenvalue weighted by molar-refractivity contribution is -0.123. The number of carbonyl (C=O) groups excluding carboxylic acids is 1. The van der Waals surface area contributed by atoms with Crippen molar-refractivity contribution in [1.82, 2.24) is 5.32 Å². The Morgan fingerprint density at radius 3 is 2.27 bits per heavy atom. The second kappa shape index (κ2) is 7.36. The molecule has 0 bridgehead atoms. The molecule has 0 fully saturated rings. The number of rotatable bonds is 5. The summed E-state index contributed by atoms with van der Waals surface area (Å²) in [5, 5.41) is 1.72. The number of halogens is 3. The summed E-state index contributed by atoms with van der Waals surface area (Å²) in [7, 11) is -4.08. The third-order valence-electron chi connectivity index (χ3n) is 3.38. The molecule has 0 aromatic heterocycles. The standard InChI is InChI=1S/C17H16F3NO4S/c1-11-3-4-12(2)15(9-11)26(23,24)25-14-7-5-13(6-8-14)16(22)21-10-17(18,19)20/h3-9H,10H2,1-2H3,(H,21,22). The van der Waals surface area contributed by atoms with Crippen LogP contribution in [0.5, 0.6) is 5.75 Å². The van der Waals surface area contributed by atoms with Crippen molar-refractivity contribution in [3.63, 3.8) is 0 Å². The minimum absolute atomic E-state index is 0.0181. The molecule has 26 heavy (non-hydrogen) atoms. The lowest BCUT2D eigenvalue weighted by atomic mass is 10.2. The van der Waals surface area contributed by atoms with Gasteiger partial charge in [0.05, 0.1) is 0 Å². The van der Waals surface area contributed by atoms with Gasteiger partial charge in [-0.1, -0.05) is 12.1 Å². The molecular formula is C17H16F3NO4S. The number of nitrogens with one attached hydrogen (secondary N) is 1. The van der Waals surface area contributed by atoms with Crippen molar-refractivity contribution in [2.45, 2.75) is 24.9 Å². The topological polar surface area (TPSA) is 72.5 Å². The van der Waals surface area contributed by atoms with Gasteiger partial charge in [0, 0.05) is 5.56 Å². The number of benzene rings is 2. The van der Waals surface area contributed by atoms with Crippen molar-refractivity contribution in [2.75, 3.05) is 6.54 Å². The van der Waals surface area contributed by atoms with Crippen molar-refractivity contribution in [1.29, 1.82) is 0 Å². The van der Waals surface area contributed by atoms with Crippen molar-refractivity contribution in [2.24, 2.45) is 0 Å². The molecule has 0 spiro atoms. The van der Waals surface area contributed by atoms with E-state index < -0.39 is 28.7 Å². The number of carbonyl (C=O) groups is 1. The van der Waals surface area contributed by atoms with E-state index in [0.717, 1.165) is 5.56 Å². The Balaban J connectivity index is 2.13. The van der Waals surface area contributed by atoms with E-state index in [4.69, 9.17) is 4.18 Å². The molecule has 140 valence electrons. The van der Waals surface area contributed by atoms with Crippen LogP contribution in [0.15, 0.2) is 47.4 Å². The first-order valence-electron chi connectivity index (χ1n) is 7.45. The lowest BCUT2D eigenvalue weighted by Gasteiger charge is -2.11. The minimum Gasteiger partial charge on any atom is -0.379 e. The Morgan fingerprint density at radius 1 is 1.08 bits per heavy atom. The van der Waals surface area contributed by atoms with Gasteiger partial charge in [0.2, 0.25) is 0 Å². The maximum Gasteiger partial charge on any atom is 0.405 e. The van der Waals surface area contributed by atoms with Crippen LogP contribution >= 0.6 is 0 Å². The predicted molar refractivity (Wildman–Crippen MR) is 88.6 cm³/mol. The Kier molecular flexibility index (Phi) is 5.60. The number of aryl methyl sites for hydroxylation is 2. The van der Waals surface area contributed by atoms with Gasteiger partial charge in [0.25, 0.3) is 5.91 Å². The first kappa shape index (κ1) is 19.8. The third-order valence-corrected chi connectivity index (χ3v) is 4.78. The van der Waals surface area contributed by atoms with Gasteiger partial charge in [-0.15, -0.1) is 0 Å². The lowest BCUT2D eigenvalue weighted by Crippen LogP contribution is -2.33. The number of amides is 1. The highest BCUT2D eigenvalue weighted by Gasteiger charge is 2.28. The van der Waals surface area contributed by atoms with E-state index in [-0.39, 0.29) is 16.2 Å². The molecule has 2 rings (SSSR count). The van der Waals surface area contributed by atoms with E-state index >= 15 is 0 Å².